The first-order chi connectivity index (χ1) is 6.10. The Labute approximate surface area is 84.3 Å². The van der Waals surface area contributed by atoms with E-state index < -0.39 is 17.6 Å². The van der Waals surface area contributed by atoms with Crippen molar-refractivity contribution in [2.75, 3.05) is 6.17 Å². The summed E-state index contributed by atoms with van der Waals surface area (Å²) < 4.78 is 36.5. The van der Waals surface area contributed by atoms with E-state index in [1.165, 1.54) is 0 Å². The van der Waals surface area contributed by atoms with Crippen LogP contribution in [0.3, 0.4) is 0 Å². The monoisotopic (exact) mass is 225 g/mol. The Bertz CT molecular complexity index is 210. The van der Waals surface area contributed by atoms with Crippen molar-refractivity contribution in [3.05, 3.63) is 0 Å². The summed E-state index contributed by atoms with van der Waals surface area (Å²) in [4.78, 5) is 11.9. The van der Waals surface area contributed by atoms with Crippen LogP contribution >= 0.6 is 0 Å². The summed E-state index contributed by atoms with van der Waals surface area (Å²) in [6, 6.07) is 0. The quantitative estimate of drug-likeness (QED) is 0.657. The SMILES string of the molecule is C[Si]CN(C(=O)C(F)(F)F)C(C)(C)C. The van der Waals surface area contributed by atoms with Gasteiger partial charge in [0.05, 0.1) is 9.52 Å². The van der Waals surface area contributed by atoms with Crippen LogP contribution in [0.15, 0.2) is 0 Å². The molecule has 0 aliphatic heterocycles. The Morgan fingerprint density at radius 2 is 1.71 bits per heavy atom. The molecule has 2 radical (unpaired) electrons. The number of rotatable bonds is 2. The van der Waals surface area contributed by atoms with Crippen LogP contribution in [0.25, 0.3) is 0 Å². The highest BCUT2D eigenvalue weighted by Gasteiger charge is 2.45. The lowest BCUT2D eigenvalue weighted by molar-refractivity contribution is -0.189. The van der Waals surface area contributed by atoms with Gasteiger partial charge in [0.25, 0.3) is 0 Å². The zero-order valence-electron chi connectivity index (χ0n) is 8.70. The molecule has 1 amide bonds. The third kappa shape index (κ3) is 3.69. The number of alkyl halides is 3. The molecule has 14 heavy (non-hydrogen) atoms. The Balaban J connectivity index is 4.77. The molecule has 0 unspecified atom stereocenters. The maximum absolute atomic E-state index is 12.2. The molecule has 0 aromatic rings. The second-order valence-electron chi connectivity index (χ2n) is 3.91. The number of carbonyl (C=O) groups is 1. The minimum atomic E-state index is -4.77. The van der Waals surface area contributed by atoms with Crippen LogP contribution in [-0.2, 0) is 4.79 Å². The molecular weight excluding hydrogens is 211 g/mol. The van der Waals surface area contributed by atoms with Crippen molar-refractivity contribution in [1.29, 1.82) is 0 Å². The van der Waals surface area contributed by atoms with Crippen molar-refractivity contribution in [2.24, 2.45) is 0 Å². The lowest BCUT2D eigenvalue weighted by Gasteiger charge is -2.35. The average molecular weight is 225 g/mol. The summed E-state index contributed by atoms with van der Waals surface area (Å²) in [6.07, 6.45) is -4.62. The minimum absolute atomic E-state index is 0.155. The molecule has 0 aromatic carbocycles. The van der Waals surface area contributed by atoms with Gasteiger partial charge in [-0.2, -0.15) is 13.2 Å². The fraction of sp³-hybridized carbons (Fsp3) is 0.875. The second kappa shape index (κ2) is 4.33. The van der Waals surface area contributed by atoms with Crippen LogP contribution in [0, 0.1) is 0 Å². The van der Waals surface area contributed by atoms with Gasteiger partial charge in [-0.15, -0.1) is 0 Å². The molecule has 0 N–H and O–H groups in total. The number of amides is 1. The first-order valence-electron chi connectivity index (χ1n) is 4.14. The molecule has 0 aliphatic rings. The highest BCUT2D eigenvalue weighted by atomic mass is 28.2. The summed E-state index contributed by atoms with van der Waals surface area (Å²) in [5.41, 5.74) is -0.782. The first kappa shape index (κ1) is 13.5. The molecule has 0 rings (SSSR count). The van der Waals surface area contributed by atoms with Gasteiger partial charge in [-0.1, -0.05) is 6.55 Å². The van der Waals surface area contributed by atoms with E-state index in [1.54, 1.807) is 27.3 Å². The number of nitrogens with zero attached hydrogens (tertiary/aromatic N) is 1. The fourth-order valence-corrected chi connectivity index (χ4v) is 1.86. The van der Waals surface area contributed by atoms with Gasteiger partial charge in [0.2, 0.25) is 0 Å². The normalized spacial score (nSPS) is 12.8. The van der Waals surface area contributed by atoms with Gasteiger partial charge in [-0.05, 0) is 20.8 Å². The maximum atomic E-state index is 12.2. The third-order valence-electron chi connectivity index (χ3n) is 1.61. The molecule has 0 bridgehead atoms. The lowest BCUT2D eigenvalue weighted by atomic mass is 10.1. The highest BCUT2D eigenvalue weighted by Crippen LogP contribution is 2.23. The summed E-state index contributed by atoms with van der Waals surface area (Å²) in [5.74, 6) is -1.75. The topological polar surface area (TPSA) is 20.3 Å². The Morgan fingerprint density at radius 1 is 1.29 bits per heavy atom. The molecular formula is C8H14F3NOSi. The summed E-state index contributed by atoms with van der Waals surface area (Å²) in [6.45, 7) is 6.55. The standard InChI is InChI=1S/C8H14F3NOSi/c1-7(2,3)12(5-14-4)6(13)8(9,10)11/h5H2,1-4H3. The van der Waals surface area contributed by atoms with Crippen molar-refractivity contribution in [1.82, 2.24) is 4.90 Å². The number of hydrogen-bond acceptors (Lipinski definition) is 1. The largest absolute Gasteiger partial charge is 0.471 e. The molecule has 0 saturated carbocycles. The Morgan fingerprint density at radius 3 is 1.93 bits per heavy atom. The molecule has 0 spiro atoms. The molecule has 0 fully saturated rings. The summed E-state index contributed by atoms with van der Waals surface area (Å²) in [7, 11) is 0.289. The molecule has 6 heteroatoms. The van der Waals surface area contributed by atoms with E-state index in [4.69, 9.17) is 0 Å². The molecule has 0 aliphatic carbocycles. The van der Waals surface area contributed by atoms with Gasteiger partial charge < -0.3 is 4.90 Å². The third-order valence-corrected chi connectivity index (χ3v) is 2.25. The van der Waals surface area contributed by atoms with Crippen LogP contribution < -0.4 is 0 Å². The predicted molar refractivity (Wildman–Crippen MR) is 49.1 cm³/mol. The Hall–Kier alpha value is -0.523. The minimum Gasteiger partial charge on any atom is -0.334 e. The van der Waals surface area contributed by atoms with E-state index in [0.29, 0.717) is 0 Å². The fourth-order valence-electron chi connectivity index (χ4n) is 0.925. The van der Waals surface area contributed by atoms with Crippen LogP contribution in [0.4, 0.5) is 13.2 Å². The number of carbonyl (C=O) groups excluding carboxylic acids is 1. The van der Waals surface area contributed by atoms with E-state index in [9.17, 15) is 18.0 Å². The second-order valence-corrected chi connectivity index (χ2v) is 4.94. The zero-order chi connectivity index (χ0) is 11.6. The number of hydrogen-bond donors (Lipinski definition) is 0. The van der Waals surface area contributed by atoms with Crippen molar-refractivity contribution in [2.45, 2.75) is 39.0 Å². The lowest BCUT2D eigenvalue weighted by Crippen LogP contribution is -2.52. The molecule has 0 atom stereocenters. The molecule has 0 saturated heterocycles. The number of halogens is 3. The van der Waals surface area contributed by atoms with Gasteiger partial charge in [-0.25, -0.2) is 0 Å². The molecule has 0 heterocycles. The van der Waals surface area contributed by atoms with E-state index in [2.05, 4.69) is 0 Å². The van der Waals surface area contributed by atoms with Crippen molar-refractivity contribution < 1.29 is 18.0 Å². The van der Waals surface area contributed by atoms with Gasteiger partial charge in [0.1, 0.15) is 0 Å². The van der Waals surface area contributed by atoms with Gasteiger partial charge in [-0.3, -0.25) is 4.79 Å². The van der Waals surface area contributed by atoms with Gasteiger partial charge in [0.15, 0.2) is 0 Å². The van der Waals surface area contributed by atoms with Crippen molar-refractivity contribution in [3.8, 4) is 0 Å². The van der Waals surface area contributed by atoms with E-state index in [1.807, 2.05) is 0 Å². The van der Waals surface area contributed by atoms with E-state index in [-0.39, 0.29) is 15.7 Å². The van der Waals surface area contributed by atoms with E-state index >= 15 is 0 Å². The van der Waals surface area contributed by atoms with Crippen molar-refractivity contribution >= 4 is 15.4 Å². The Kier molecular flexibility index (Phi) is 4.17. The smallest absolute Gasteiger partial charge is 0.334 e. The van der Waals surface area contributed by atoms with Crippen LogP contribution in [-0.4, -0.2) is 38.2 Å². The molecule has 2 nitrogen and oxygen atoms in total. The maximum Gasteiger partial charge on any atom is 0.471 e. The summed E-state index contributed by atoms with van der Waals surface area (Å²) >= 11 is 0. The van der Waals surface area contributed by atoms with Crippen LogP contribution in [0.1, 0.15) is 20.8 Å². The zero-order valence-corrected chi connectivity index (χ0v) is 9.70. The average Bonchev–Trinajstić information content (AvgIpc) is 1.94. The van der Waals surface area contributed by atoms with Crippen molar-refractivity contribution in [3.63, 3.8) is 0 Å². The van der Waals surface area contributed by atoms with E-state index in [0.717, 1.165) is 4.90 Å². The highest BCUT2D eigenvalue weighted by molar-refractivity contribution is 6.34. The summed E-state index contributed by atoms with van der Waals surface area (Å²) in [5, 5.41) is 0. The van der Waals surface area contributed by atoms with Crippen LogP contribution in [0.2, 0.25) is 6.55 Å². The van der Waals surface area contributed by atoms with Crippen LogP contribution in [0.5, 0.6) is 0 Å². The molecule has 0 aromatic heterocycles. The predicted octanol–water partition coefficient (Wildman–Crippen LogP) is 1.89. The molecule has 82 valence electrons. The van der Waals surface area contributed by atoms with Gasteiger partial charge in [0, 0.05) is 11.7 Å². The van der Waals surface area contributed by atoms with Gasteiger partial charge >= 0.3 is 12.1 Å². The first-order valence-corrected chi connectivity index (χ1v) is 5.85.